The SMILES string of the molecule is CSN[C@@](Cc1ccccc1)(CS(=O)(=O)c1ccc(F)cc1)C(=O)Nc1ccc(C#N)c(C)c1. The quantitative estimate of drug-likeness (QED) is 0.338. The van der Waals surface area contributed by atoms with Crippen LogP contribution in [-0.2, 0) is 21.1 Å². The predicted octanol–water partition coefficient (Wildman–Crippen LogP) is 4.27. The molecule has 6 nitrogen and oxygen atoms in total. The van der Waals surface area contributed by atoms with Crippen LogP contribution in [0.2, 0.25) is 0 Å². The first-order valence-corrected chi connectivity index (χ1v) is 13.2. The summed E-state index contributed by atoms with van der Waals surface area (Å²) in [5, 5.41) is 12.0. The zero-order chi connectivity index (χ0) is 24.8. The minimum atomic E-state index is -3.98. The molecule has 0 saturated heterocycles. The van der Waals surface area contributed by atoms with E-state index in [1.54, 1.807) is 31.4 Å². The summed E-state index contributed by atoms with van der Waals surface area (Å²) < 4.78 is 43.1. The van der Waals surface area contributed by atoms with Gasteiger partial charge in [0.15, 0.2) is 9.84 Å². The summed E-state index contributed by atoms with van der Waals surface area (Å²) >= 11 is 1.14. The number of carbonyl (C=O) groups is 1. The second kappa shape index (κ2) is 10.8. The van der Waals surface area contributed by atoms with E-state index in [1.165, 1.54) is 12.1 Å². The fourth-order valence-electron chi connectivity index (χ4n) is 3.62. The maximum absolute atomic E-state index is 13.7. The van der Waals surface area contributed by atoms with Crippen molar-refractivity contribution in [2.45, 2.75) is 23.8 Å². The number of aryl methyl sites for hydroxylation is 1. The average Bonchev–Trinajstić information content (AvgIpc) is 2.80. The van der Waals surface area contributed by atoms with E-state index < -0.39 is 32.9 Å². The molecule has 0 bridgehead atoms. The lowest BCUT2D eigenvalue weighted by molar-refractivity contribution is -0.120. The van der Waals surface area contributed by atoms with Crippen LogP contribution in [-0.4, -0.2) is 31.9 Å². The molecule has 0 unspecified atom stereocenters. The van der Waals surface area contributed by atoms with Gasteiger partial charge in [-0.15, -0.1) is 0 Å². The van der Waals surface area contributed by atoms with Crippen molar-refractivity contribution in [1.29, 1.82) is 5.26 Å². The highest BCUT2D eigenvalue weighted by Crippen LogP contribution is 2.26. The van der Waals surface area contributed by atoms with Crippen LogP contribution in [0.4, 0.5) is 10.1 Å². The summed E-state index contributed by atoms with van der Waals surface area (Å²) in [6.07, 6.45) is 1.81. The third-order valence-corrected chi connectivity index (χ3v) is 7.75. The Hall–Kier alpha value is -3.19. The van der Waals surface area contributed by atoms with E-state index in [1.807, 2.05) is 30.3 Å². The van der Waals surface area contributed by atoms with Gasteiger partial charge >= 0.3 is 0 Å². The van der Waals surface area contributed by atoms with Crippen molar-refractivity contribution in [2.75, 3.05) is 17.3 Å². The van der Waals surface area contributed by atoms with Crippen LogP contribution >= 0.6 is 11.9 Å². The van der Waals surface area contributed by atoms with Crippen molar-refractivity contribution in [3.8, 4) is 6.07 Å². The molecule has 1 amide bonds. The topological polar surface area (TPSA) is 99.1 Å². The Morgan fingerprint density at radius 3 is 2.35 bits per heavy atom. The normalized spacial score (nSPS) is 13.0. The zero-order valence-electron chi connectivity index (χ0n) is 18.7. The number of amides is 1. The molecular weight excluding hydrogens is 473 g/mol. The van der Waals surface area contributed by atoms with Gasteiger partial charge in [-0.25, -0.2) is 17.5 Å². The number of benzene rings is 3. The molecule has 3 aromatic rings. The fraction of sp³-hybridized carbons (Fsp3) is 0.200. The van der Waals surface area contributed by atoms with E-state index in [9.17, 15) is 17.6 Å². The number of sulfone groups is 1. The minimum Gasteiger partial charge on any atom is -0.324 e. The maximum Gasteiger partial charge on any atom is 0.246 e. The number of anilines is 1. The molecule has 0 aromatic heterocycles. The minimum absolute atomic E-state index is 0.0729. The first kappa shape index (κ1) is 25.4. The molecule has 0 saturated carbocycles. The second-order valence-electron chi connectivity index (χ2n) is 7.86. The van der Waals surface area contributed by atoms with Crippen LogP contribution in [0.1, 0.15) is 16.7 Å². The Labute approximate surface area is 203 Å². The van der Waals surface area contributed by atoms with Gasteiger partial charge in [0, 0.05) is 12.1 Å². The van der Waals surface area contributed by atoms with Crippen molar-refractivity contribution in [3.63, 3.8) is 0 Å². The van der Waals surface area contributed by atoms with Gasteiger partial charge in [0.2, 0.25) is 5.91 Å². The van der Waals surface area contributed by atoms with Gasteiger partial charge in [-0.05, 0) is 66.8 Å². The number of hydrogen-bond donors (Lipinski definition) is 2. The van der Waals surface area contributed by atoms with Crippen molar-refractivity contribution >= 4 is 33.4 Å². The van der Waals surface area contributed by atoms with E-state index in [0.29, 0.717) is 16.8 Å². The molecule has 0 radical (unpaired) electrons. The summed E-state index contributed by atoms with van der Waals surface area (Å²) in [4.78, 5) is 13.6. The number of nitrogens with one attached hydrogen (secondary N) is 2. The van der Waals surface area contributed by atoms with Crippen LogP contribution in [0, 0.1) is 24.1 Å². The molecule has 34 heavy (non-hydrogen) atoms. The molecule has 0 spiro atoms. The third-order valence-electron chi connectivity index (χ3n) is 5.29. The Morgan fingerprint density at radius 2 is 1.76 bits per heavy atom. The Kier molecular flexibility index (Phi) is 8.10. The lowest BCUT2D eigenvalue weighted by atomic mass is 9.92. The standard InChI is InChI=1S/C25H24FN3O3S2/c1-18-14-22(11-8-20(18)16-27)28-24(30)25(29-33-2,15-19-6-4-3-5-7-19)17-34(31,32)23-12-9-21(26)10-13-23/h3-14,29H,15,17H2,1-2H3,(H,28,30)/t25-/m0/s1. The lowest BCUT2D eigenvalue weighted by Crippen LogP contribution is -2.58. The monoisotopic (exact) mass is 497 g/mol. The number of rotatable bonds is 9. The predicted molar refractivity (Wildman–Crippen MR) is 133 cm³/mol. The third kappa shape index (κ3) is 6.03. The summed E-state index contributed by atoms with van der Waals surface area (Å²) in [7, 11) is -3.98. The molecule has 3 aromatic carbocycles. The largest absolute Gasteiger partial charge is 0.324 e. The molecule has 1 atom stereocenters. The van der Waals surface area contributed by atoms with Crippen molar-refractivity contribution < 1.29 is 17.6 Å². The van der Waals surface area contributed by atoms with E-state index in [4.69, 9.17) is 5.26 Å². The Morgan fingerprint density at radius 1 is 1.09 bits per heavy atom. The molecule has 0 heterocycles. The Balaban J connectivity index is 2.03. The van der Waals surface area contributed by atoms with Crippen LogP contribution in [0.15, 0.2) is 77.7 Å². The number of hydrogen-bond acceptors (Lipinski definition) is 6. The summed E-state index contributed by atoms with van der Waals surface area (Å²) in [5.41, 5.74) is 0.835. The number of carbonyl (C=O) groups excluding carboxylic acids is 1. The fourth-order valence-corrected chi connectivity index (χ4v) is 6.01. The van der Waals surface area contributed by atoms with E-state index in [2.05, 4.69) is 16.1 Å². The molecular formula is C25H24FN3O3S2. The van der Waals surface area contributed by atoms with Crippen molar-refractivity contribution in [2.24, 2.45) is 0 Å². The second-order valence-corrected chi connectivity index (χ2v) is 10.5. The first-order valence-electron chi connectivity index (χ1n) is 10.3. The molecule has 0 fully saturated rings. The van der Waals surface area contributed by atoms with Crippen molar-refractivity contribution in [1.82, 2.24) is 4.72 Å². The zero-order valence-corrected chi connectivity index (χ0v) is 20.3. The molecule has 9 heteroatoms. The lowest BCUT2D eigenvalue weighted by Gasteiger charge is -2.32. The molecule has 0 aliphatic carbocycles. The van der Waals surface area contributed by atoms with Gasteiger partial charge in [-0.1, -0.05) is 42.3 Å². The van der Waals surface area contributed by atoms with Gasteiger partial charge in [0.25, 0.3) is 0 Å². The van der Waals surface area contributed by atoms with Gasteiger partial charge in [-0.2, -0.15) is 5.26 Å². The molecule has 176 valence electrons. The Bertz CT molecular complexity index is 1310. The summed E-state index contributed by atoms with van der Waals surface area (Å²) in [6, 6.07) is 20.6. The molecule has 0 aliphatic rings. The van der Waals surface area contributed by atoms with Crippen LogP contribution in [0.3, 0.4) is 0 Å². The number of halogens is 1. The van der Waals surface area contributed by atoms with Gasteiger partial charge in [0.1, 0.15) is 11.4 Å². The first-order chi connectivity index (χ1) is 16.2. The molecule has 2 N–H and O–H groups in total. The average molecular weight is 498 g/mol. The smallest absolute Gasteiger partial charge is 0.246 e. The number of nitrogens with zero attached hydrogens (tertiary/aromatic N) is 1. The highest BCUT2D eigenvalue weighted by Gasteiger charge is 2.43. The van der Waals surface area contributed by atoms with E-state index in [-0.39, 0.29) is 11.3 Å². The summed E-state index contributed by atoms with van der Waals surface area (Å²) in [6.45, 7) is 1.75. The van der Waals surface area contributed by atoms with Gasteiger partial charge < -0.3 is 5.32 Å². The van der Waals surface area contributed by atoms with E-state index >= 15 is 0 Å². The molecule has 3 rings (SSSR count). The van der Waals surface area contributed by atoms with Gasteiger partial charge in [0.05, 0.1) is 22.3 Å². The van der Waals surface area contributed by atoms with Crippen LogP contribution in [0.5, 0.6) is 0 Å². The van der Waals surface area contributed by atoms with Gasteiger partial charge in [-0.3, -0.25) is 4.79 Å². The summed E-state index contributed by atoms with van der Waals surface area (Å²) in [5.74, 6) is -1.64. The molecule has 0 aliphatic heterocycles. The van der Waals surface area contributed by atoms with Crippen molar-refractivity contribution in [3.05, 3.63) is 95.3 Å². The van der Waals surface area contributed by atoms with Crippen LogP contribution < -0.4 is 10.0 Å². The maximum atomic E-state index is 13.7. The highest BCUT2D eigenvalue weighted by atomic mass is 32.2. The van der Waals surface area contributed by atoms with E-state index in [0.717, 1.165) is 29.6 Å². The number of nitriles is 1. The highest BCUT2D eigenvalue weighted by molar-refractivity contribution is 7.96. The van der Waals surface area contributed by atoms with Crippen LogP contribution in [0.25, 0.3) is 0 Å².